The van der Waals surface area contributed by atoms with E-state index in [9.17, 15) is 0 Å². The summed E-state index contributed by atoms with van der Waals surface area (Å²) in [6.07, 6.45) is 0. The minimum atomic E-state index is 0.594. The molecular formula is C10H19NS. The van der Waals surface area contributed by atoms with Crippen molar-refractivity contribution in [2.75, 3.05) is 0 Å². The summed E-state index contributed by atoms with van der Waals surface area (Å²) in [5.41, 5.74) is 1.44. The number of hydrogen-bond donors (Lipinski definition) is 1. The maximum atomic E-state index is 7.29. The highest BCUT2D eigenvalue weighted by molar-refractivity contribution is 8.16. The van der Waals surface area contributed by atoms with Crippen LogP contribution in [0.2, 0.25) is 0 Å². The number of rotatable bonds is 3. The molecule has 0 aromatic rings. The third kappa shape index (κ3) is 4.60. The molecule has 70 valence electrons. The molecule has 2 heteroatoms. The number of allylic oxidation sites excluding steroid dienone is 1. The van der Waals surface area contributed by atoms with Crippen LogP contribution in [-0.4, -0.2) is 5.04 Å². The smallest absolute Gasteiger partial charge is 0.0652 e. The highest BCUT2D eigenvalue weighted by atomic mass is 32.2. The molecule has 0 unspecified atom stereocenters. The summed E-state index contributed by atoms with van der Waals surface area (Å²) in [4.78, 5) is 0. The van der Waals surface area contributed by atoms with Crippen molar-refractivity contribution in [2.24, 2.45) is 11.8 Å². The van der Waals surface area contributed by atoms with Gasteiger partial charge in [0.25, 0.3) is 0 Å². The summed E-state index contributed by atoms with van der Waals surface area (Å²) in [6, 6.07) is 0. The summed E-state index contributed by atoms with van der Waals surface area (Å²) in [6.45, 7) is 10.6. The zero-order valence-electron chi connectivity index (χ0n) is 8.64. The van der Waals surface area contributed by atoms with Gasteiger partial charge in [-0.3, -0.25) is 5.41 Å². The van der Waals surface area contributed by atoms with Gasteiger partial charge < -0.3 is 0 Å². The van der Waals surface area contributed by atoms with E-state index in [2.05, 4.69) is 33.1 Å². The minimum Gasteiger partial charge on any atom is -0.298 e. The first-order chi connectivity index (χ1) is 5.45. The van der Waals surface area contributed by atoms with Crippen molar-refractivity contribution in [1.29, 1.82) is 5.41 Å². The highest BCUT2D eigenvalue weighted by Gasteiger charge is 2.07. The lowest BCUT2D eigenvalue weighted by Gasteiger charge is -2.14. The molecule has 0 fully saturated rings. The van der Waals surface area contributed by atoms with Crippen molar-refractivity contribution in [3.63, 3.8) is 0 Å². The molecule has 0 aliphatic heterocycles. The Labute approximate surface area is 80.1 Å². The van der Waals surface area contributed by atoms with Crippen LogP contribution in [0.15, 0.2) is 11.0 Å². The zero-order valence-corrected chi connectivity index (χ0v) is 9.46. The normalized spacial score (nSPS) is 10.6. The van der Waals surface area contributed by atoms with Crippen molar-refractivity contribution in [1.82, 2.24) is 0 Å². The van der Waals surface area contributed by atoms with Crippen LogP contribution in [0.1, 0.15) is 34.6 Å². The molecule has 0 aromatic carbocycles. The fourth-order valence-electron chi connectivity index (χ4n) is 1.10. The lowest BCUT2D eigenvalue weighted by Crippen LogP contribution is -2.01. The summed E-state index contributed by atoms with van der Waals surface area (Å²) in [7, 11) is 0. The molecule has 0 rings (SSSR count). The zero-order chi connectivity index (χ0) is 9.72. The Kier molecular flexibility index (Phi) is 5.31. The largest absolute Gasteiger partial charge is 0.298 e. The van der Waals surface area contributed by atoms with Crippen LogP contribution >= 0.6 is 11.8 Å². The summed E-state index contributed by atoms with van der Waals surface area (Å²) < 4.78 is 0. The third-order valence-corrected chi connectivity index (χ3v) is 2.45. The Morgan fingerprint density at radius 3 is 1.83 bits per heavy atom. The molecule has 0 radical (unpaired) electrons. The molecule has 0 aliphatic rings. The number of nitrogens with one attached hydrogen (secondary N) is 1. The van der Waals surface area contributed by atoms with Gasteiger partial charge in [-0.05, 0) is 24.2 Å². The van der Waals surface area contributed by atoms with Crippen LogP contribution in [0.25, 0.3) is 0 Å². The van der Waals surface area contributed by atoms with Gasteiger partial charge in [0, 0.05) is 0 Å². The number of hydrogen-bond acceptors (Lipinski definition) is 2. The van der Waals surface area contributed by atoms with Crippen LogP contribution < -0.4 is 0 Å². The molecule has 0 saturated heterocycles. The van der Waals surface area contributed by atoms with E-state index in [0.29, 0.717) is 16.9 Å². The van der Waals surface area contributed by atoms with Gasteiger partial charge in [-0.25, -0.2) is 0 Å². The maximum Gasteiger partial charge on any atom is 0.0652 e. The van der Waals surface area contributed by atoms with Crippen LogP contribution in [0.4, 0.5) is 0 Å². The SMILES string of the molecule is CC(=N)SC=C(C(C)C)C(C)C. The van der Waals surface area contributed by atoms with Crippen LogP contribution in [0, 0.1) is 17.2 Å². The maximum absolute atomic E-state index is 7.29. The first-order valence-electron chi connectivity index (χ1n) is 4.37. The molecule has 1 N–H and O–H groups in total. The fourth-order valence-corrected chi connectivity index (χ4v) is 1.95. The van der Waals surface area contributed by atoms with Gasteiger partial charge in [-0.2, -0.15) is 0 Å². The van der Waals surface area contributed by atoms with Crippen molar-refractivity contribution in [2.45, 2.75) is 34.6 Å². The second-order valence-electron chi connectivity index (χ2n) is 3.60. The van der Waals surface area contributed by atoms with Gasteiger partial charge in [-0.15, -0.1) is 0 Å². The molecule has 1 nitrogen and oxygen atoms in total. The van der Waals surface area contributed by atoms with Gasteiger partial charge in [-0.1, -0.05) is 45.0 Å². The van der Waals surface area contributed by atoms with Crippen LogP contribution in [-0.2, 0) is 0 Å². The van der Waals surface area contributed by atoms with Crippen molar-refractivity contribution < 1.29 is 0 Å². The van der Waals surface area contributed by atoms with Gasteiger partial charge in [0.1, 0.15) is 0 Å². The van der Waals surface area contributed by atoms with E-state index in [1.165, 1.54) is 17.3 Å². The van der Waals surface area contributed by atoms with Crippen LogP contribution in [0.3, 0.4) is 0 Å². The topological polar surface area (TPSA) is 23.9 Å². The Hall–Kier alpha value is -0.240. The van der Waals surface area contributed by atoms with E-state index in [0.717, 1.165) is 0 Å². The lowest BCUT2D eigenvalue weighted by molar-refractivity contribution is 0.628. The van der Waals surface area contributed by atoms with Gasteiger partial charge in [0.2, 0.25) is 0 Å². The van der Waals surface area contributed by atoms with Crippen molar-refractivity contribution >= 4 is 16.8 Å². The van der Waals surface area contributed by atoms with Gasteiger partial charge in [0.05, 0.1) is 5.04 Å². The van der Waals surface area contributed by atoms with E-state index < -0.39 is 0 Å². The molecular weight excluding hydrogens is 166 g/mol. The molecule has 0 aromatic heterocycles. The molecule has 12 heavy (non-hydrogen) atoms. The minimum absolute atomic E-state index is 0.594. The fraction of sp³-hybridized carbons (Fsp3) is 0.700. The molecule has 0 saturated carbocycles. The van der Waals surface area contributed by atoms with E-state index in [1.807, 2.05) is 6.92 Å². The second-order valence-corrected chi connectivity index (χ2v) is 4.69. The molecule has 0 atom stereocenters. The summed E-state index contributed by atoms with van der Waals surface area (Å²) in [5, 5.41) is 10.1. The van der Waals surface area contributed by atoms with Crippen molar-refractivity contribution in [3.8, 4) is 0 Å². The van der Waals surface area contributed by atoms with Crippen LogP contribution in [0.5, 0.6) is 0 Å². The quantitative estimate of drug-likeness (QED) is 0.523. The molecule has 0 aliphatic carbocycles. The first-order valence-corrected chi connectivity index (χ1v) is 5.24. The highest BCUT2D eigenvalue weighted by Crippen LogP contribution is 2.22. The molecule has 0 amide bonds. The van der Waals surface area contributed by atoms with E-state index >= 15 is 0 Å². The molecule has 0 heterocycles. The predicted molar refractivity (Wildman–Crippen MR) is 58.8 cm³/mol. The first kappa shape index (κ1) is 11.8. The van der Waals surface area contributed by atoms with E-state index in [-0.39, 0.29) is 0 Å². The summed E-state index contributed by atoms with van der Waals surface area (Å²) in [5.74, 6) is 1.19. The standard InChI is InChI=1S/C10H19NS/c1-7(2)10(8(3)4)6-12-9(5)11/h6-8,11H,1-5H3. The average Bonchev–Trinajstić information content (AvgIpc) is 1.84. The van der Waals surface area contributed by atoms with E-state index in [1.54, 1.807) is 0 Å². The Balaban J connectivity index is 4.29. The van der Waals surface area contributed by atoms with E-state index in [4.69, 9.17) is 5.41 Å². The predicted octanol–water partition coefficient (Wildman–Crippen LogP) is 3.91. The van der Waals surface area contributed by atoms with Gasteiger partial charge in [0.15, 0.2) is 0 Å². The molecule has 0 bridgehead atoms. The second kappa shape index (κ2) is 5.41. The van der Waals surface area contributed by atoms with Gasteiger partial charge >= 0.3 is 0 Å². The monoisotopic (exact) mass is 185 g/mol. The third-order valence-electron chi connectivity index (χ3n) is 1.71. The number of thioether (sulfide) groups is 1. The Morgan fingerprint density at radius 2 is 1.58 bits per heavy atom. The Morgan fingerprint density at radius 1 is 1.17 bits per heavy atom. The average molecular weight is 185 g/mol. The summed E-state index contributed by atoms with van der Waals surface area (Å²) >= 11 is 1.52. The molecule has 0 spiro atoms. The Bertz CT molecular complexity index is 170. The van der Waals surface area contributed by atoms with Crippen molar-refractivity contribution in [3.05, 3.63) is 11.0 Å². The lowest BCUT2D eigenvalue weighted by atomic mass is 9.95.